The zero-order valence-electron chi connectivity index (χ0n) is 22.6. The fraction of sp³-hybridized carbons (Fsp3) is 0.387. The summed E-state index contributed by atoms with van der Waals surface area (Å²) in [6, 6.07) is 13.7. The Morgan fingerprint density at radius 1 is 0.895 bits per heavy atom. The van der Waals surface area contributed by atoms with Crippen molar-refractivity contribution in [3.05, 3.63) is 59.8 Å². The van der Waals surface area contributed by atoms with Gasteiger partial charge in [0.1, 0.15) is 6.54 Å². The first-order chi connectivity index (χ1) is 18.5. The second kappa shape index (κ2) is 14.8. The van der Waals surface area contributed by atoms with Crippen molar-refractivity contribution >= 4 is 35.0 Å². The molecule has 38 heavy (non-hydrogen) atoms. The SMILES string of the molecule is CCCCCCCC(=O)Oc1c(OC)cc(/C=C/c2cc[n+](CCCC(=O)O)c3ccccc23)cc1OC. The molecule has 1 heterocycles. The van der Waals surface area contributed by atoms with Gasteiger partial charge in [-0.3, -0.25) is 9.59 Å². The highest BCUT2D eigenvalue weighted by atomic mass is 16.6. The highest BCUT2D eigenvalue weighted by molar-refractivity contribution is 5.89. The summed E-state index contributed by atoms with van der Waals surface area (Å²) in [5.74, 6) is 0.0608. The van der Waals surface area contributed by atoms with Crippen LogP contribution in [0, 0.1) is 0 Å². The Morgan fingerprint density at radius 3 is 2.29 bits per heavy atom. The number of aromatic nitrogens is 1. The molecular formula is C31H38NO6+. The molecule has 0 aliphatic carbocycles. The number of carboxylic acid groups (broad SMARTS) is 1. The van der Waals surface area contributed by atoms with Gasteiger partial charge in [-0.05, 0) is 35.7 Å². The number of pyridine rings is 1. The highest BCUT2D eigenvalue weighted by Gasteiger charge is 2.18. The number of hydrogen-bond donors (Lipinski definition) is 1. The summed E-state index contributed by atoms with van der Waals surface area (Å²) < 4.78 is 18.8. The fourth-order valence-electron chi connectivity index (χ4n) is 4.37. The van der Waals surface area contributed by atoms with E-state index in [2.05, 4.69) is 17.6 Å². The zero-order chi connectivity index (χ0) is 27.3. The summed E-state index contributed by atoms with van der Waals surface area (Å²) in [7, 11) is 3.08. The van der Waals surface area contributed by atoms with E-state index in [0.29, 0.717) is 36.6 Å². The normalized spacial score (nSPS) is 11.1. The van der Waals surface area contributed by atoms with Gasteiger partial charge in [-0.25, -0.2) is 0 Å². The number of unbranched alkanes of at least 4 members (excludes halogenated alkanes) is 4. The molecule has 1 N–H and O–H groups in total. The van der Waals surface area contributed by atoms with Crippen molar-refractivity contribution in [2.45, 2.75) is 64.8 Å². The lowest BCUT2D eigenvalue weighted by molar-refractivity contribution is -0.671. The van der Waals surface area contributed by atoms with Gasteiger partial charge < -0.3 is 19.3 Å². The van der Waals surface area contributed by atoms with E-state index >= 15 is 0 Å². The van der Waals surface area contributed by atoms with E-state index in [4.69, 9.17) is 19.3 Å². The first kappa shape index (κ1) is 28.7. The Bertz CT molecular complexity index is 1240. The van der Waals surface area contributed by atoms with Crippen LogP contribution in [0.15, 0.2) is 48.7 Å². The molecule has 2 aromatic carbocycles. The monoisotopic (exact) mass is 520 g/mol. The van der Waals surface area contributed by atoms with Gasteiger partial charge in [0.2, 0.25) is 11.3 Å². The van der Waals surface area contributed by atoms with Gasteiger partial charge >= 0.3 is 11.9 Å². The van der Waals surface area contributed by atoms with E-state index < -0.39 is 5.97 Å². The predicted octanol–water partition coefficient (Wildman–Crippen LogP) is 6.45. The van der Waals surface area contributed by atoms with Crippen molar-refractivity contribution in [3.63, 3.8) is 0 Å². The Balaban J connectivity index is 1.80. The first-order valence-corrected chi connectivity index (χ1v) is 13.2. The number of para-hydroxylation sites is 1. The average Bonchev–Trinajstić information content (AvgIpc) is 2.92. The lowest BCUT2D eigenvalue weighted by atomic mass is 10.1. The van der Waals surface area contributed by atoms with E-state index in [0.717, 1.165) is 47.7 Å². The molecule has 0 aliphatic heterocycles. The van der Waals surface area contributed by atoms with Crippen molar-refractivity contribution in [3.8, 4) is 17.2 Å². The third-order valence-corrected chi connectivity index (χ3v) is 6.39. The van der Waals surface area contributed by atoms with Gasteiger partial charge in [0.05, 0.1) is 26.0 Å². The van der Waals surface area contributed by atoms with Crippen LogP contribution in [0.2, 0.25) is 0 Å². The van der Waals surface area contributed by atoms with Crippen LogP contribution in [0.1, 0.15) is 69.4 Å². The summed E-state index contributed by atoms with van der Waals surface area (Å²) in [4.78, 5) is 23.4. The molecule has 3 aromatic rings. The van der Waals surface area contributed by atoms with Crippen molar-refractivity contribution < 1.29 is 33.5 Å². The minimum atomic E-state index is -0.788. The van der Waals surface area contributed by atoms with Gasteiger partial charge in [0.15, 0.2) is 17.7 Å². The molecule has 0 atom stereocenters. The molecule has 0 spiro atoms. The third-order valence-electron chi connectivity index (χ3n) is 6.39. The van der Waals surface area contributed by atoms with Gasteiger partial charge in [0.25, 0.3) is 0 Å². The first-order valence-electron chi connectivity index (χ1n) is 13.2. The van der Waals surface area contributed by atoms with Crippen LogP contribution >= 0.6 is 0 Å². The Morgan fingerprint density at radius 2 is 1.61 bits per heavy atom. The summed E-state index contributed by atoms with van der Waals surface area (Å²) >= 11 is 0. The van der Waals surface area contributed by atoms with Crippen LogP contribution in [0.3, 0.4) is 0 Å². The number of nitrogens with zero attached hydrogens (tertiary/aromatic N) is 1. The minimum Gasteiger partial charge on any atom is -0.493 e. The lowest BCUT2D eigenvalue weighted by Gasteiger charge is -2.14. The largest absolute Gasteiger partial charge is 0.493 e. The number of methoxy groups -OCH3 is 2. The topological polar surface area (TPSA) is 85.9 Å². The lowest BCUT2D eigenvalue weighted by Crippen LogP contribution is -2.34. The molecule has 0 amide bonds. The summed E-state index contributed by atoms with van der Waals surface area (Å²) in [5.41, 5.74) is 2.89. The minimum absolute atomic E-state index is 0.136. The van der Waals surface area contributed by atoms with Crippen LogP contribution in [0.4, 0.5) is 0 Å². The molecular weight excluding hydrogens is 482 g/mol. The van der Waals surface area contributed by atoms with E-state index in [-0.39, 0.29) is 12.4 Å². The van der Waals surface area contributed by atoms with Gasteiger partial charge in [-0.2, -0.15) is 4.57 Å². The molecule has 3 rings (SSSR count). The van der Waals surface area contributed by atoms with Crippen molar-refractivity contribution in [2.75, 3.05) is 14.2 Å². The number of hydrogen-bond acceptors (Lipinski definition) is 5. The number of carbonyl (C=O) groups excluding carboxylic acids is 1. The Kier molecular flexibility index (Phi) is 11.1. The van der Waals surface area contributed by atoms with E-state index in [1.165, 1.54) is 20.6 Å². The molecule has 0 radical (unpaired) electrons. The molecule has 7 nitrogen and oxygen atoms in total. The average molecular weight is 521 g/mol. The summed E-state index contributed by atoms with van der Waals surface area (Å²) in [5, 5.41) is 10.0. The quantitative estimate of drug-likeness (QED) is 0.107. The molecule has 0 unspecified atom stereocenters. The fourth-order valence-corrected chi connectivity index (χ4v) is 4.37. The molecule has 202 valence electrons. The van der Waals surface area contributed by atoms with Gasteiger partial charge in [-0.15, -0.1) is 0 Å². The molecule has 1 aromatic heterocycles. The number of ether oxygens (including phenoxy) is 3. The molecule has 0 aliphatic rings. The number of benzene rings is 2. The van der Waals surface area contributed by atoms with Crippen LogP contribution in [-0.4, -0.2) is 31.3 Å². The summed E-state index contributed by atoms with van der Waals surface area (Å²) in [6.07, 6.45) is 12.3. The Labute approximate surface area is 224 Å². The maximum absolute atomic E-state index is 12.4. The standard InChI is InChI=1S/C31H37NO6/c1-4-5-6-7-8-15-30(35)38-31-27(36-2)21-23(22-28(31)37-3)16-17-24-18-20-32(19-11-14-29(33)34)26-13-10-9-12-25(24)26/h9-10,12-13,16-18,20-22H,4-8,11,14-15,19H2,1-3H3/p+1/b17-16+. The number of fused-ring (bicyclic) bond motifs is 1. The van der Waals surface area contributed by atoms with Gasteiger partial charge in [-0.1, -0.05) is 56.9 Å². The zero-order valence-corrected chi connectivity index (χ0v) is 22.6. The van der Waals surface area contributed by atoms with Crippen molar-refractivity contribution in [1.29, 1.82) is 0 Å². The maximum atomic E-state index is 12.4. The van der Waals surface area contributed by atoms with Crippen molar-refractivity contribution in [1.82, 2.24) is 0 Å². The van der Waals surface area contributed by atoms with E-state index in [1.807, 2.05) is 54.7 Å². The number of carbonyl (C=O) groups is 2. The highest BCUT2D eigenvalue weighted by Crippen LogP contribution is 2.39. The van der Waals surface area contributed by atoms with Crippen LogP contribution < -0.4 is 18.8 Å². The van der Waals surface area contributed by atoms with Gasteiger partial charge in [0, 0.05) is 25.0 Å². The predicted molar refractivity (Wildman–Crippen MR) is 148 cm³/mol. The molecule has 7 heteroatoms. The van der Waals surface area contributed by atoms with Crippen LogP contribution in [0.25, 0.3) is 23.1 Å². The number of esters is 1. The van der Waals surface area contributed by atoms with Crippen LogP contribution in [0.5, 0.6) is 17.2 Å². The van der Waals surface area contributed by atoms with Crippen molar-refractivity contribution in [2.24, 2.45) is 0 Å². The Hall–Kier alpha value is -3.87. The maximum Gasteiger partial charge on any atom is 0.311 e. The third kappa shape index (κ3) is 8.07. The number of aliphatic carboxylic acids is 1. The van der Waals surface area contributed by atoms with Crippen LogP contribution in [-0.2, 0) is 16.1 Å². The summed E-state index contributed by atoms with van der Waals surface area (Å²) in [6.45, 7) is 2.79. The van der Waals surface area contributed by atoms with E-state index in [9.17, 15) is 9.59 Å². The second-order valence-electron chi connectivity index (χ2n) is 9.21. The molecule has 0 bridgehead atoms. The number of carboxylic acids is 1. The molecule has 0 saturated heterocycles. The number of aryl methyl sites for hydroxylation is 1. The smallest absolute Gasteiger partial charge is 0.311 e. The molecule has 0 saturated carbocycles. The second-order valence-corrected chi connectivity index (χ2v) is 9.21. The molecule has 0 fully saturated rings. The van der Waals surface area contributed by atoms with E-state index in [1.54, 1.807) is 0 Å². The number of rotatable bonds is 15.